The first-order chi connectivity index (χ1) is 10.3. The topological polar surface area (TPSA) is 75.9 Å². The van der Waals surface area contributed by atoms with E-state index >= 15 is 0 Å². The fourth-order valence-electron chi connectivity index (χ4n) is 2.32. The van der Waals surface area contributed by atoms with Gasteiger partial charge < -0.3 is 5.32 Å². The van der Waals surface area contributed by atoms with Gasteiger partial charge in [-0.2, -0.15) is 4.98 Å². The molecule has 0 unspecified atom stereocenters. The number of anilines is 2. The van der Waals surface area contributed by atoms with Gasteiger partial charge in [0.1, 0.15) is 5.82 Å². The summed E-state index contributed by atoms with van der Waals surface area (Å²) in [5.41, 5.74) is 4.67. The van der Waals surface area contributed by atoms with Crippen LogP contribution in [0.4, 0.5) is 11.8 Å². The number of aromatic nitrogens is 2. The van der Waals surface area contributed by atoms with Gasteiger partial charge in [0.05, 0.1) is 0 Å². The second-order valence-corrected chi connectivity index (χ2v) is 4.86. The van der Waals surface area contributed by atoms with Gasteiger partial charge in [0, 0.05) is 18.3 Å². The van der Waals surface area contributed by atoms with Gasteiger partial charge in [-0.1, -0.05) is 42.5 Å². The van der Waals surface area contributed by atoms with Gasteiger partial charge in [-0.05, 0) is 23.3 Å². The molecule has 3 aromatic rings. The lowest BCUT2D eigenvalue weighted by Crippen LogP contribution is -2.12. The monoisotopic (exact) mass is 279 g/mol. The average Bonchev–Trinajstić information content (AvgIpc) is 2.54. The van der Waals surface area contributed by atoms with Crippen LogP contribution in [-0.4, -0.2) is 9.97 Å². The Balaban J connectivity index is 1.87. The number of benzene rings is 2. The lowest BCUT2D eigenvalue weighted by Gasteiger charge is -2.11. The maximum absolute atomic E-state index is 5.35. The van der Waals surface area contributed by atoms with Gasteiger partial charge in [-0.3, -0.25) is 5.43 Å². The zero-order valence-corrected chi connectivity index (χ0v) is 11.8. The van der Waals surface area contributed by atoms with E-state index in [9.17, 15) is 0 Å². The molecule has 0 aliphatic rings. The number of nitrogens with one attached hydrogen (secondary N) is 2. The van der Waals surface area contributed by atoms with Crippen molar-refractivity contribution in [3.05, 3.63) is 59.8 Å². The molecule has 0 bridgehead atoms. The van der Waals surface area contributed by atoms with Crippen LogP contribution in [0.25, 0.3) is 10.8 Å². The lowest BCUT2D eigenvalue weighted by molar-refractivity contribution is 1.05. The SMILES string of the molecule is Cc1cnc(NN)nc1NCc1cccc2ccccc12. The Morgan fingerprint density at radius 3 is 2.76 bits per heavy atom. The molecule has 0 aliphatic heterocycles. The normalized spacial score (nSPS) is 10.6. The molecule has 2 aromatic carbocycles. The van der Waals surface area contributed by atoms with Crippen LogP contribution < -0.4 is 16.6 Å². The smallest absolute Gasteiger partial charge is 0.239 e. The third-order valence-corrected chi connectivity index (χ3v) is 3.43. The molecule has 0 atom stereocenters. The van der Waals surface area contributed by atoms with Gasteiger partial charge in [0.15, 0.2) is 0 Å². The van der Waals surface area contributed by atoms with Crippen LogP contribution in [0.3, 0.4) is 0 Å². The van der Waals surface area contributed by atoms with Crippen LogP contribution >= 0.6 is 0 Å². The summed E-state index contributed by atoms with van der Waals surface area (Å²) >= 11 is 0. The van der Waals surface area contributed by atoms with Crippen molar-refractivity contribution in [2.24, 2.45) is 5.84 Å². The van der Waals surface area contributed by atoms with Crippen molar-refractivity contribution in [3.63, 3.8) is 0 Å². The van der Waals surface area contributed by atoms with E-state index in [1.807, 2.05) is 13.0 Å². The van der Waals surface area contributed by atoms with Crippen LogP contribution in [0.2, 0.25) is 0 Å². The average molecular weight is 279 g/mol. The zero-order valence-electron chi connectivity index (χ0n) is 11.8. The van der Waals surface area contributed by atoms with Crippen molar-refractivity contribution in [1.29, 1.82) is 0 Å². The van der Waals surface area contributed by atoms with Crippen molar-refractivity contribution >= 4 is 22.5 Å². The molecule has 106 valence electrons. The molecule has 0 radical (unpaired) electrons. The fourth-order valence-corrected chi connectivity index (χ4v) is 2.32. The first kappa shape index (κ1) is 13.3. The number of fused-ring (bicyclic) bond motifs is 1. The molecule has 5 heteroatoms. The molecule has 1 heterocycles. The summed E-state index contributed by atoms with van der Waals surface area (Å²) in [5.74, 6) is 6.53. The molecule has 5 nitrogen and oxygen atoms in total. The summed E-state index contributed by atoms with van der Waals surface area (Å²) in [5, 5.41) is 5.83. The van der Waals surface area contributed by atoms with Crippen LogP contribution in [0, 0.1) is 6.92 Å². The molecule has 3 rings (SSSR count). The van der Waals surface area contributed by atoms with Crippen LogP contribution in [0.5, 0.6) is 0 Å². The molecule has 0 aliphatic carbocycles. The Morgan fingerprint density at radius 1 is 1.10 bits per heavy atom. The molecule has 1 aromatic heterocycles. The molecule has 21 heavy (non-hydrogen) atoms. The second-order valence-electron chi connectivity index (χ2n) is 4.86. The van der Waals surface area contributed by atoms with Gasteiger partial charge in [-0.15, -0.1) is 0 Å². The van der Waals surface area contributed by atoms with E-state index in [-0.39, 0.29) is 0 Å². The second kappa shape index (κ2) is 5.76. The predicted octanol–water partition coefficient (Wildman–Crippen LogP) is 2.84. The predicted molar refractivity (Wildman–Crippen MR) is 85.9 cm³/mol. The quantitative estimate of drug-likeness (QED) is 0.506. The van der Waals surface area contributed by atoms with E-state index in [2.05, 4.69) is 57.1 Å². The summed E-state index contributed by atoms with van der Waals surface area (Å²) in [7, 11) is 0. The largest absolute Gasteiger partial charge is 0.366 e. The van der Waals surface area contributed by atoms with Crippen molar-refractivity contribution in [3.8, 4) is 0 Å². The molecular formula is C16H17N5. The summed E-state index contributed by atoms with van der Waals surface area (Å²) in [6, 6.07) is 14.7. The highest BCUT2D eigenvalue weighted by Gasteiger charge is 2.04. The number of nitrogen functional groups attached to an aromatic ring is 1. The summed E-state index contributed by atoms with van der Waals surface area (Å²) in [6.45, 7) is 2.66. The van der Waals surface area contributed by atoms with Gasteiger partial charge in [-0.25, -0.2) is 10.8 Å². The number of hydrogen-bond donors (Lipinski definition) is 3. The zero-order chi connectivity index (χ0) is 14.7. The Bertz CT molecular complexity index is 764. The fraction of sp³-hybridized carbons (Fsp3) is 0.125. The lowest BCUT2D eigenvalue weighted by atomic mass is 10.0. The number of hydrogen-bond acceptors (Lipinski definition) is 5. The van der Waals surface area contributed by atoms with Crippen molar-refractivity contribution in [2.45, 2.75) is 13.5 Å². The van der Waals surface area contributed by atoms with E-state index in [0.717, 1.165) is 11.4 Å². The summed E-state index contributed by atoms with van der Waals surface area (Å²) in [4.78, 5) is 8.40. The Hall–Kier alpha value is -2.66. The van der Waals surface area contributed by atoms with Gasteiger partial charge in [0.25, 0.3) is 0 Å². The molecule has 0 fully saturated rings. The van der Waals surface area contributed by atoms with E-state index in [0.29, 0.717) is 12.5 Å². The first-order valence-corrected chi connectivity index (χ1v) is 6.78. The summed E-state index contributed by atoms with van der Waals surface area (Å²) < 4.78 is 0. The maximum Gasteiger partial charge on any atom is 0.239 e. The van der Waals surface area contributed by atoms with E-state index in [1.165, 1.54) is 16.3 Å². The van der Waals surface area contributed by atoms with E-state index in [1.54, 1.807) is 6.20 Å². The Labute approximate surface area is 123 Å². The summed E-state index contributed by atoms with van der Waals surface area (Å²) in [6.07, 6.45) is 1.74. The number of nitrogens with two attached hydrogens (primary N) is 1. The van der Waals surface area contributed by atoms with Crippen molar-refractivity contribution in [1.82, 2.24) is 9.97 Å². The standard InChI is InChI=1S/C16H17N5/c1-11-9-19-16(21-17)20-15(11)18-10-13-7-4-6-12-5-2-3-8-14(12)13/h2-9H,10,17H2,1H3,(H2,18,19,20,21). The highest BCUT2D eigenvalue weighted by molar-refractivity contribution is 5.85. The minimum absolute atomic E-state index is 0.404. The Morgan fingerprint density at radius 2 is 1.90 bits per heavy atom. The Kier molecular flexibility index (Phi) is 3.66. The minimum Gasteiger partial charge on any atom is -0.366 e. The number of hydrazine groups is 1. The molecule has 4 N–H and O–H groups in total. The van der Waals surface area contributed by atoms with Crippen LogP contribution in [0.1, 0.15) is 11.1 Å². The number of nitrogens with zero attached hydrogens (tertiary/aromatic N) is 2. The van der Waals surface area contributed by atoms with E-state index < -0.39 is 0 Å². The molecule has 0 spiro atoms. The minimum atomic E-state index is 0.404. The van der Waals surface area contributed by atoms with Crippen LogP contribution in [-0.2, 0) is 6.54 Å². The van der Waals surface area contributed by atoms with Crippen molar-refractivity contribution < 1.29 is 0 Å². The van der Waals surface area contributed by atoms with Gasteiger partial charge >= 0.3 is 0 Å². The highest BCUT2D eigenvalue weighted by Crippen LogP contribution is 2.20. The van der Waals surface area contributed by atoms with Crippen molar-refractivity contribution in [2.75, 3.05) is 10.7 Å². The number of rotatable bonds is 4. The molecular weight excluding hydrogens is 262 g/mol. The maximum atomic E-state index is 5.35. The van der Waals surface area contributed by atoms with Crippen LogP contribution in [0.15, 0.2) is 48.7 Å². The van der Waals surface area contributed by atoms with E-state index in [4.69, 9.17) is 5.84 Å². The molecule has 0 saturated carbocycles. The highest BCUT2D eigenvalue weighted by atomic mass is 15.3. The number of aryl methyl sites for hydroxylation is 1. The third kappa shape index (κ3) is 2.78. The molecule has 0 saturated heterocycles. The third-order valence-electron chi connectivity index (χ3n) is 3.43. The van der Waals surface area contributed by atoms with Gasteiger partial charge in [0.2, 0.25) is 5.95 Å². The molecule has 0 amide bonds. The first-order valence-electron chi connectivity index (χ1n) is 6.78.